The molecule has 4 rings (SSSR count). The van der Waals surface area contributed by atoms with Crippen molar-refractivity contribution in [2.45, 2.75) is 32.2 Å². The Morgan fingerprint density at radius 1 is 1.28 bits per heavy atom. The van der Waals surface area contributed by atoms with E-state index in [4.69, 9.17) is 0 Å². The lowest BCUT2D eigenvalue weighted by Gasteiger charge is -2.33. The van der Waals surface area contributed by atoms with E-state index in [-0.39, 0.29) is 11.9 Å². The summed E-state index contributed by atoms with van der Waals surface area (Å²) >= 11 is 0. The molecule has 4 heterocycles. The Morgan fingerprint density at radius 2 is 2.12 bits per heavy atom. The number of nitrogens with one attached hydrogen (secondary N) is 3. The van der Waals surface area contributed by atoms with Crippen molar-refractivity contribution in [3.8, 4) is 0 Å². The average molecular weight is 340 g/mol. The summed E-state index contributed by atoms with van der Waals surface area (Å²) in [6.07, 6.45) is 7.27. The van der Waals surface area contributed by atoms with Gasteiger partial charge < -0.3 is 20.2 Å². The summed E-state index contributed by atoms with van der Waals surface area (Å²) in [5.41, 5.74) is 2.05. The van der Waals surface area contributed by atoms with Gasteiger partial charge >= 0.3 is 0 Å². The lowest BCUT2D eigenvalue weighted by Crippen LogP contribution is -2.45. The van der Waals surface area contributed by atoms with Crippen molar-refractivity contribution >= 4 is 22.9 Å². The van der Waals surface area contributed by atoms with Gasteiger partial charge in [0.1, 0.15) is 23.4 Å². The van der Waals surface area contributed by atoms with Crippen molar-refractivity contribution in [2.24, 2.45) is 0 Å². The van der Waals surface area contributed by atoms with Gasteiger partial charge in [0.05, 0.1) is 12.5 Å². The van der Waals surface area contributed by atoms with Crippen LogP contribution in [0.2, 0.25) is 0 Å². The Bertz CT molecular complexity index is 877. The highest BCUT2D eigenvalue weighted by Crippen LogP contribution is 2.23. The average Bonchev–Trinajstić information content (AvgIpc) is 3.31. The number of anilines is 1. The number of carbonyl (C=O) groups is 1. The number of fused-ring (bicyclic) bond motifs is 1. The van der Waals surface area contributed by atoms with Gasteiger partial charge in [-0.05, 0) is 12.8 Å². The quantitative estimate of drug-likeness (QED) is 0.653. The molecule has 0 aromatic carbocycles. The Kier molecular flexibility index (Phi) is 4.04. The summed E-state index contributed by atoms with van der Waals surface area (Å²) in [6, 6.07) is 0.149. The number of hydrogen-bond donors (Lipinski definition) is 3. The molecule has 1 amide bonds. The van der Waals surface area contributed by atoms with Gasteiger partial charge in [-0.2, -0.15) is 0 Å². The Morgan fingerprint density at radius 3 is 2.88 bits per heavy atom. The zero-order valence-corrected chi connectivity index (χ0v) is 14.0. The van der Waals surface area contributed by atoms with E-state index in [0.29, 0.717) is 11.3 Å². The first-order valence-corrected chi connectivity index (χ1v) is 8.48. The number of imidazole rings is 2. The number of nitrogens with zero attached hydrogens (tertiary/aromatic N) is 5. The molecular formula is C16H20N8O. The molecule has 25 heavy (non-hydrogen) atoms. The summed E-state index contributed by atoms with van der Waals surface area (Å²) in [7, 11) is 0. The largest absolute Gasteiger partial charge is 0.355 e. The molecule has 9 nitrogen and oxygen atoms in total. The number of hydrogen-bond acceptors (Lipinski definition) is 6. The molecule has 3 aromatic rings. The number of amides is 1. The van der Waals surface area contributed by atoms with Crippen LogP contribution in [0.25, 0.3) is 11.2 Å². The maximum absolute atomic E-state index is 12.3. The van der Waals surface area contributed by atoms with Crippen LogP contribution in [0.4, 0.5) is 5.82 Å². The van der Waals surface area contributed by atoms with Crippen LogP contribution in [0.5, 0.6) is 0 Å². The first-order valence-electron chi connectivity index (χ1n) is 8.48. The van der Waals surface area contributed by atoms with Crippen molar-refractivity contribution in [3.05, 3.63) is 30.4 Å². The third-order valence-corrected chi connectivity index (χ3v) is 4.54. The fourth-order valence-corrected chi connectivity index (χ4v) is 3.15. The summed E-state index contributed by atoms with van der Waals surface area (Å²) in [5.74, 6) is 1.60. The van der Waals surface area contributed by atoms with E-state index in [2.05, 4.69) is 40.1 Å². The van der Waals surface area contributed by atoms with Crippen LogP contribution in [-0.2, 0) is 6.42 Å². The van der Waals surface area contributed by atoms with E-state index in [1.54, 1.807) is 12.5 Å². The highest BCUT2D eigenvalue weighted by Gasteiger charge is 2.24. The van der Waals surface area contributed by atoms with Gasteiger partial charge in [0.2, 0.25) is 0 Å². The van der Waals surface area contributed by atoms with E-state index < -0.39 is 0 Å². The molecule has 0 spiro atoms. The monoisotopic (exact) mass is 340 g/mol. The standard InChI is InChI=1S/C16H20N8O/c1-2-12-17-7-11(23-12)16(25)22-10-3-5-24(6-4-10)15-13-14(19-8-18-13)20-9-21-15/h7-10H,2-6H2,1H3,(H,17,23)(H,22,25)(H,18,19,20,21). The van der Waals surface area contributed by atoms with Crippen molar-refractivity contribution in [2.75, 3.05) is 18.0 Å². The molecule has 1 aliphatic heterocycles. The van der Waals surface area contributed by atoms with Crippen molar-refractivity contribution in [1.82, 2.24) is 35.2 Å². The van der Waals surface area contributed by atoms with Crippen LogP contribution in [0.1, 0.15) is 36.1 Å². The number of rotatable bonds is 4. The van der Waals surface area contributed by atoms with E-state index in [0.717, 1.165) is 49.5 Å². The van der Waals surface area contributed by atoms with Crippen molar-refractivity contribution < 1.29 is 4.79 Å². The maximum Gasteiger partial charge on any atom is 0.269 e. The molecule has 0 aliphatic carbocycles. The maximum atomic E-state index is 12.3. The first-order chi connectivity index (χ1) is 12.2. The van der Waals surface area contributed by atoms with Crippen LogP contribution in [0, 0.1) is 0 Å². The van der Waals surface area contributed by atoms with Crippen LogP contribution in [0.3, 0.4) is 0 Å². The lowest BCUT2D eigenvalue weighted by atomic mass is 10.0. The number of aromatic nitrogens is 6. The fraction of sp³-hybridized carbons (Fsp3) is 0.438. The highest BCUT2D eigenvalue weighted by molar-refractivity contribution is 5.92. The Balaban J connectivity index is 1.38. The second-order valence-corrected chi connectivity index (χ2v) is 6.13. The molecule has 1 aliphatic rings. The summed E-state index contributed by atoms with van der Waals surface area (Å²) in [4.78, 5) is 37.5. The van der Waals surface area contributed by atoms with E-state index in [9.17, 15) is 4.79 Å². The minimum Gasteiger partial charge on any atom is -0.355 e. The minimum absolute atomic E-state index is 0.0938. The van der Waals surface area contributed by atoms with Crippen molar-refractivity contribution in [1.29, 1.82) is 0 Å². The van der Waals surface area contributed by atoms with Gasteiger partial charge in [-0.15, -0.1) is 0 Å². The number of piperidine rings is 1. The second-order valence-electron chi connectivity index (χ2n) is 6.13. The molecule has 1 saturated heterocycles. The number of carbonyl (C=O) groups excluding carboxylic acids is 1. The summed E-state index contributed by atoms with van der Waals surface area (Å²) in [6.45, 7) is 3.64. The predicted octanol–water partition coefficient (Wildman–Crippen LogP) is 1.04. The number of aromatic amines is 2. The van der Waals surface area contributed by atoms with E-state index in [1.165, 1.54) is 6.33 Å². The van der Waals surface area contributed by atoms with Gasteiger partial charge in [-0.25, -0.2) is 19.9 Å². The SMILES string of the molecule is CCc1ncc(C(=O)NC2CCN(c3ncnc4nc[nH]c34)CC2)[nH]1. The second kappa shape index (κ2) is 6.50. The van der Waals surface area contributed by atoms with Crippen LogP contribution in [0.15, 0.2) is 18.9 Å². The van der Waals surface area contributed by atoms with Crippen molar-refractivity contribution in [3.63, 3.8) is 0 Å². The number of aryl methyl sites for hydroxylation is 1. The molecule has 9 heteroatoms. The van der Waals surface area contributed by atoms with E-state index in [1.807, 2.05) is 6.92 Å². The molecule has 1 fully saturated rings. The third-order valence-electron chi connectivity index (χ3n) is 4.54. The normalized spacial score (nSPS) is 15.6. The van der Waals surface area contributed by atoms with Gasteiger partial charge in [0.15, 0.2) is 11.5 Å². The highest BCUT2D eigenvalue weighted by atomic mass is 16.2. The van der Waals surface area contributed by atoms with Gasteiger partial charge in [0, 0.05) is 25.6 Å². The van der Waals surface area contributed by atoms with Gasteiger partial charge in [-0.3, -0.25) is 4.79 Å². The summed E-state index contributed by atoms with van der Waals surface area (Å²) < 4.78 is 0. The summed E-state index contributed by atoms with van der Waals surface area (Å²) in [5, 5.41) is 3.09. The van der Waals surface area contributed by atoms with Crippen LogP contribution in [-0.4, -0.2) is 54.9 Å². The predicted molar refractivity (Wildman–Crippen MR) is 92.4 cm³/mol. The Hall–Kier alpha value is -2.97. The van der Waals surface area contributed by atoms with Crippen LogP contribution < -0.4 is 10.2 Å². The van der Waals surface area contributed by atoms with E-state index >= 15 is 0 Å². The Labute approximate surface area is 144 Å². The zero-order valence-electron chi connectivity index (χ0n) is 14.0. The third kappa shape index (κ3) is 3.04. The molecule has 0 bridgehead atoms. The fourth-order valence-electron chi connectivity index (χ4n) is 3.15. The van der Waals surface area contributed by atoms with Crippen LogP contribution >= 0.6 is 0 Å². The lowest BCUT2D eigenvalue weighted by molar-refractivity contribution is 0.0926. The molecule has 0 radical (unpaired) electrons. The van der Waals surface area contributed by atoms with Gasteiger partial charge in [0.25, 0.3) is 5.91 Å². The first kappa shape index (κ1) is 15.6. The molecule has 0 saturated carbocycles. The molecule has 3 aromatic heterocycles. The number of H-pyrrole nitrogens is 2. The smallest absolute Gasteiger partial charge is 0.269 e. The molecular weight excluding hydrogens is 320 g/mol. The minimum atomic E-state index is -0.0938. The zero-order chi connectivity index (χ0) is 17.2. The van der Waals surface area contributed by atoms with Gasteiger partial charge in [-0.1, -0.05) is 6.92 Å². The molecule has 0 atom stereocenters. The molecule has 0 unspecified atom stereocenters. The molecule has 3 N–H and O–H groups in total. The molecule has 130 valence electrons. The topological polar surface area (TPSA) is 115 Å².